The number of ketones is 1. The monoisotopic (exact) mass is 279 g/mol. The Hall–Kier alpha value is -1.49. The number of aliphatic hydroxyl groups is 1. The predicted octanol–water partition coefficient (Wildman–Crippen LogP) is 0.962. The summed E-state index contributed by atoms with van der Waals surface area (Å²) in [5.74, 6) is -0.609. The molecule has 3 unspecified atom stereocenters. The number of piperidine rings is 1. The molecule has 3 atom stereocenters. The predicted molar refractivity (Wildman–Crippen MR) is 72.5 cm³/mol. The zero-order valence-corrected chi connectivity index (χ0v) is 11.9. The van der Waals surface area contributed by atoms with Crippen LogP contribution in [0.2, 0.25) is 0 Å². The van der Waals surface area contributed by atoms with Crippen LogP contribution < -0.4 is 5.32 Å². The molecule has 1 heterocycles. The maximum atomic E-state index is 12.1. The molecule has 0 spiro atoms. The van der Waals surface area contributed by atoms with Crippen LogP contribution in [0.15, 0.2) is 11.6 Å². The molecule has 5 nitrogen and oxygen atoms in total. The second-order valence-corrected chi connectivity index (χ2v) is 6.10. The Labute approximate surface area is 118 Å². The Morgan fingerprint density at radius 3 is 2.45 bits per heavy atom. The van der Waals surface area contributed by atoms with Gasteiger partial charge in [0.2, 0.25) is 11.8 Å². The smallest absolute Gasteiger partial charge is 0.226 e. The molecule has 0 radical (unpaired) electrons. The molecule has 1 fully saturated rings. The number of Topliss-reactive ketones (excluding diaryl/α,β-unsaturated/α-hetero) is 1. The summed E-state index contributed by atoms with van der Waals surface area (Å²) >= 11 is 0. The first-order valence-electron chi connectivity index (χ1n) is 7.13. The lowest BCUT2D eigenvalue weighted by Crippen LogP contribution is -2.40. The minimum Gasteiger partial charge on any atom is -0.388 e. The number of carbonyl (C=O) groups is 3. The average Bonchev–Trinajstić information content (AvgIpc) is 2.32. The van der Waals surface area contributed by atoms with Crippen LogP contribution in [0.25, 0.3) is 0 Å². The highest BCUT2D eigenvalue weighted by molar-refractivity contribution is 5.99. The van der Waals surface area contributed by atoms with Gasteiger partial charge in [0.15, 0.2) is 5.78 Å². The van der Waals surface area contributed by atoms with Crippen LogP contribution in [0.3, 0.4) is 0 Å². The quantitative estimate of drug-likeness (QED) is 0.754. The molecule has 2 amide bonds. The summed E-state index contributed by atoms with van der Waals surface area (Å²) in [5, 5.41) is 12.5. The molecule has 5 heteroatoms. The molecule has 0 bridgehead atoms. The zero-order valence-electron chi connectivity index (χ0n) is 11.9. The number of aliphatic hydroxyl groups excluding tert-OH is 1. The van der Waals surface area contributed by atoms with Crippen molar-refractivity contribution in [2.24, 2.45) is 17.8 Å². The molecule has 2 rings (SSSR count). The van der Waals surface area contributed by atoms with Crippen LogP contribution >= 0.6 is 0 Å². The normalized spacial score (nSPS) is 29.9. The van der Waals surface area contributed by atoms with Crippen molar-refractivity contribution in [2.75, 3.05) is 0 Å². The van der Waals surface area contributed by atoms with E-state index in [1.165, 1.54) is 0 Å². The van der Waals surface area contributed by atoms with Crippen LogP contribution in [0, 0.1) is 17.8 Å². The number of carbonyl (C=O) groups excluding carboxylic acids is 3. The van der Waals surface area contributed by atoms with E-state index in [9.17, 15) is 19.5 Å². The van der Waals surface area contributed by atoms with Crippen molar-refractivity contribution in [1.82, 2.24) is 5.32 Å². The third kappa shape index (κ3) is 3.33. The Balaban J connectivity index is 2.04. The van der Waals surface area contributed by atoms with E-state index in [1.807, 2.05) is 19.9 Å². The van der Waals surface area contributed by atoms with Crippen LogP contribution in [0.4, 0.5) is 0 Å². The van der Waals surface area contributed by atoms with Crippen LogP contribution in [0.1, 0.15) is 39.5 Å². The van der Waals surface area contributed by atoms with Gasteiger partial charge >= 0.3 is 0 Å². The molecule has 0 aromatic heterocycles. The topological polar surface area (TPSA) is 83.5 Å². The number of amides is 2. The second-order valence-electron chi connectivity index (χ2n) is 6.10. The average molecular weight is 279 g/mol. The molecule has 20 heavy (non-hydrogen) atoms. The Morgan fingerprint density at radius 2 is 1.85 bits per heavy atom. The van der Waals surface area contributed by atoms with Crippen molar-refractivity contribution in [3.05, 3.63) is 11.6 Å². The van der Waals surface area contributed by atoms with Gasteiger partial charge in [-0.2, -0.15) is 0 Å². The van der Waals surface area contributed by atoms with Crippen molar-refractivity contribution < 1.29 is 19.5 Å². The first-order chi connectivity index (χ1) is 9.36. The second kappa shape index (κ2) is 5.87. The lowest BCUT2D eigenvalue weighted by atomic mass is 9.79. The fraction of sp³-hybridized carbons (Fsp3) is 0.667. The highest BCUT2D eigenvalue weighted by Crippen LogP contribution is 2.30. The summed E-state index contributed by atoms with van der Waals surface area (Å²) < 4.78 is 0. The van der Waals surface area contributed by atoms with Gasteiger partial charge < -0.3 is 5.11 Å². The first-order valence-corrected chi connectivity index (χ1v) is 7.13. The minimum atomic E-state index is -0.878. The molecule has 110 valence electrons. The van der Waals surface area contributed by atoms with E-state index in [1.54, 1.807) is 0 Å². The summed E-state index contributed by atoms with van der Waals surface area (Å²) in [4.78, 5) is 34.7. The Bertz CT molecular complexity index is 452. The summed E-state index contributed by atoms with van der Waals surface area (Å²) in [6.45, 7) is 3.89. The van der Waals surface area contributed by atoms with E-state index in [4.69, 9.17) is 0 Å². The fourth-order valence-electron chi connectivity index (χ4n) is 3.14. The standard InChI is InChI=1S/C15H21NO4/c1-8-3-9(2)15(20)11(4-8)12(17)5-10-6-13(18)16-14(19)7-10/h4,8-10,12,17H,3,5-7H2,1-2H3,(H,16,18,19). The summed E-state index contributed by atoms with van der Waals surface area (Å²) in [6, 6.07) is 0. The molecule has 1 aliphatic carbocycles. The number of imide groups is 1. The highest BCUT2D eigenvalue weighted by Gasteiger charge is 2.32. The number of hydrogen-bond donors (Lipinski definition) is 2. The van der Waals surface area contributed by atoms with Gasteiger partial charge in [0.25, 0.3) is 0 Å². The van der Waals surface area contributed by atoms with Crippen molar-refractivity contribution in [3.8, 4) is 0 Å². The van der Waals surface area contributed by atoms with Gasteiger partial charge in [-0.25, -0.2) is 0 Å². The summed E-state index contributed by atoms with van der Waals surface area (Å²) in [6.07, 6.45) is 2.51. The van der Waals surface area contributed by atoms with Gasteiger partial charge in [-0.05, 0) is 24.7 Å². The molecule has 1 aliphatic heterocycles. The maximum Gasteiger partial charge on any atom is 0.226 e. The summed E-state index contributed by atoms with van der Waals surface area (Å²) in [7, 11) is 0. The van der Waals surface area contributed by atoms with Gasteiger partial charge in [0.1, 0.15) is 0 Å². The Kier molecular flexibility index (Phi) is 4.38. The SMILES string of the molecule is CC1C=C(C(O)CC2CC(=O)NC(=O)C2)C(=O)C(C)C1. The maximum absolute atomic E-state index is 12.1. The van der Waals surface area contributed by atoms with Gasteiger partial charge in [-0.1, -0.05) is 19.9 Å². The molecule has 0 aromatic rings. The van der Waals surface area contributed by atoms with Gasteiger partial charge in [0, 0.05) is 24.3 Å². The fourth-order valence-corrected chi connectivity index (χ4v) is 3.14. The van der Waals surface area contributed by atoms with E-state index < -0.39 is 6.10 Å². The summed E-state index contributed by atoms with van der Waals surface area (Å²) in [5.41, 5.74) is 0.453. The van der Waals surface area contributed by atoms with Crippen LogP contribution in [0.5, 0.6) is 0 Å². The van der Waals surface area contributed by atoms with Crippen molar-refractivity contribution in [3.63, 3.8) is 0 Å². The lowest BCUT2D eigenvalue weighted by Gasteiger charge is -2.28. The largest absolute Gasteiger partial charge is 0.388 e. The molecule has 0 aromatic carbocycles. The number of rotatable bonds is 3. The Morgan fingerprint density at radius 1 is 1.25 bits per heavy atom. The van der Waals surface area contributed by atoms with Gasteiger partial charge in [-0.15, -0.1) is 0 Å². The molecular formula is C15H21NO4. The highest BCUT2D eigenvalue weighted by atomic mass is 16.3. The zero-order chi connectivity index (χ0) is 14.9. The molecule has 0 saturated carbocycles. The minimum absolute atomic E-state index is 0.0119. The molecule has 2 N–H and O–H groups in total. The third-order valence-electron chi connectivity index (χ3n) is 4.06. The van der Waals surface area contributed by atoms with Gasteiger partial charge in [-0.3, -0.25) is 19.7 Å². The third-order valence-corrected chi connectivity index (χ3v) is 4.06. The first kappa shape index (κ1) is 14.9. The van der Waals surface area contributed by atoms with Crippen LogP contribution in [-0.4, -0.2) is 28.8 Å². The lowest BCUT2D eigenvalue weighted by molar-refractivity contribution is -0.135. The molecule has 2 aliphatic rings. The number of allylic oxidation sites excluding steroid dienone is 1. The number of nitrogens with one attached hydrogen (secondary N) is 1. The molecular weight excluding hydrogens is 258 g/mol. The van der Waals surface area contributed by atoms with E-state index in [2.05, 4.69) is 5.32 Å². The van der Waals surface area contributed by atoms with Gasteiger partial charge in [0.05, 0.1) is 6.10 Å². The van der Waals surface area contributed by atoms with Crippen molar-refractivity contribution in [2.45, 2.75) is 45.6 Å². The number of hydrogen-bond acceptors (Lipinski definition) is 4. The van der Waals surface area contributed by atoms with Crippen molar-refractivity contribution in [1.29, 1.82) is 0 Å². The van der Waals surface area contributed by atoms with E-state index in [0.29, 0.717) is 5.57 Å². The van der Waals surface area contributed by atoms with Crippen molar-refractivity contribution >= 4 is 17.6 Å². The van der Waals surface area contributed by atoms with E-state index >= 15 is 0 Å². The van der Waals surface area contributed by atoms with E-state index in [-0.39, 0.29) is 54.6 Å². The van der Waals surface area contributed by atoms with E-state index in [0.717, 1.165) is 6.42 Å². The molecule has 1 saturated heterocycles. The van der Waals surface area contributed by atoms with Crippen LogP contribution in [-0.2, 0) is 14.4 Å².